The van der Waals surface area contributed by atoms with Crippen LogP contribution in [0.3, 0.4) is 0 Å². The lowest BCUT2D eigenvalue weighted by Gasteiger charge is -2.16. The molecule has 0 saturated heterocycles. The van der Waals surface area contributed by atoms with E-state index in [2.05, 4.69) is 4.99 Å². The molecule has 0 unspecified atom stereocenters. The van der Waals surface area contributed by atoms with Crippen molar-refractivity contribution >= 4 is 45.4 Å². The van der Waals surface area contributed by atoms with E-state index < -0.39 is 0 Å². The average Bonchev–Trinajstić information content (AvgIpc) is 3.26. The Morgan fingerprint density at radius 1 is 1.20 bits per heavy atom. The Morgan fingerprint density at radius 2 is 2.08 bits per heavy atom. The van der Waals surface area contributed by atoms with E-state index in [1.807, 2.05) is 48.5 Å². The molecule has 0 aliphatic carbocycles. The van der Waals surface area contributed by atoms with Crippen LogP contribution in [0.5, 0.6) is 0 Å². The van der Waals surface area contributed by atoms with Crippen molar-refractivity contribution in [3.8, 4) is 0 Å². The van der Waals surface area contributed by atoms with E-state index in [4.69, 9.17) is 16.0 Å². The first kappa shape index (κ1) is 16.2. The van der Waals surface area contributed by atoms with E-state index in [9.17, 15) is 4.79 Å². The summed E-state index contributed by atoms with van der Waals surface area (Å²) in [6.45, 7) is 1.19. The van der Waals surface area contributed by atoms with Gasteiger partial charge in [-0.05, 0) is 29.8 Å². The van der Waals surface area contributed by atoms with E-state index in [0.717, 1.165) is 21.7 Å². The number of halogens is 1. The van der Waals surface area contributed by atoms with Crippen LogP contribution in [-0.2, 0) is 5.75 Å². The molecule has 1 aliphatic rings. The molecule has 4 nitrogen and oxygen atoms in total. The highest BCUT2D eigenvalue weighted by Gasteiger charge is 2.27. The number of hydrogen-bond donors (Lipinski definition) is 0. The van der Waals surface area contributed by atoms with Gasteiger partial charge in [0, 0.05) is 22.7 Å². The second-order valence-electron chi connectivity index (χ2n) is 5.69. The molecule has 25 heavy (non-hydrogen) atoms. The van der Waals surface area contributed by atoms with Crippen molar-refractivity contribution in [3.63, 3.8) is 0 Å². The number of furan rings is 1. The van der Waals surface area contributed by atoms with Crippen LogP contribution in [0, 0.1) is 0 Å². The van der Waals surface area contributed by atoms with Crippen LogP contribution in [0.15, 0.2) is 64.0 Å². The summed E-state index contributed by atoms with van der Waals surface area (Å²) in [5, 5.41) is 2.36. The number of hydrogen-bond acceptors (Lipinski definition) is 4. The molecule has 0 N–H and O–H groups in total. The fourth-order valence-corrected chi connectivity index (χ4v) is 3.93. The summed E-state index contributed by atoms with van der Waals surface area (Å²) in [6, 6.07) is 17.1. The Morgan fingerprint density at radius 3 is 2.92 bits per heavy atom. The highest BCUT2D eigenvalue weighted by atomic mass is 35.5. The standard InChI is InChI=1S/C19H15ClN2O2S/c20-15-6-3-4-13(10-15)12-25-19-21-8-9-22(19)18(23)17-11-14-5-1-2-7-16(14)24-17/h1-7,10-11H,8-9,12H2. The van der Waals surface area contributed by atoms with Gasteiger partial charge in [0.2, 0.25) is 0 Å². The Labute approximate surface area is 154 Å². The SMILES string of the molecule is O=C(c1cc2ccccc2o1)N1CCN=C1SCc1cccc(Cl)c1. The zero-order valence-electron chi connectivity index (χ0n) is 13.3. The molecule has 0 bridgehead atoms. The third-order valence-electron chi connectivity index (χ3n) is 3.94. The minimum Gasteiger partial charge on any atom is -0.451 e. The van der Waals surface area contributed by atoms with Crippen molar-refractivity contribution in [1.29, 1.82) is 0 Å². The maximum absolute atomic E-state index is 12.8. The zero-order chi connectivity index (χ0) is 17.2. The van der Waals surface area contributed by atoms with Crippen LogP contribution in [0.4, 0.5) is 0 Å². The van der Waals surface area contributed by atoms with Crippen LogP contribution < -0.4 is 0 Å². The summed E-state index contributed by atoms with van der Waals surface area (Å²) in [7, 11) is 0. The van der Waals surface area contributed by atoms with E-state index in [0.29, 0.717) is 29.6 Å². The van der Waals surface area contributed by atoms with Crippen molar-refractivity contribution in [3.05, 3.63) is 70.9 Å². The third kappa shape index (κ3) is 3.43. The summed E-state index contributed by atoms with van der Waals surface area (Å²) >= 11 is 7.56. The Balaban J connectivity index is 1.49. The molecule has 0 fully saturated rings. The maximum Gasteiger partial charge on any atom is 0.295 e. The van der Waals surface area contributed by atoms with Gasteiger partial charge in [0.1, 0.15) is 5.58 Å². The number of carbonyl (C=O) groups is 1. The van der Waals surface area contributed by atoms with Crippen molar-refractivity contribution in [2.45, 2.75) is 5.75 Å². The van der Waals surface area contributed by atoms with E-state index in [1.165, 1.54) is 11.8 Å². The van der Waals surface area contributed by atoms with Crippen LogP contribution >= 0.6 is 23.4 Å². The smallest absolute Gasteiger partial charge is 0.295 e. The van der Waals surface area contributed by atoms with Crippen LogP contribution in [0.25, 0.3) is 11.0 Å². The maximum atomic E-state index is 12.8. The van der Waals surface area contributed by atoms with Gasteiger partial charge in [-0.25, -0.2) is 0 Å². The monoisotopic (exact) mass is 370 g/mol. The normalized spacial score (nSPS) is 14.1. The molecule has 2 heterocycles. The summed E-state index contributed by atoms with van der Waals surface area (Å²) in [6.07, 6.45) is 0. The molecule has 0 radical (unpaired) electrons. The predicted octanol–water partition coefficient (Wildman–Crippen LogP) is 4.83. The molecule has 0 saturated carbocycles. The number of nitrogens with zero attached hydrogens (tertiary/aromatic N) is 2. The molecule has 1 amide bonds. The minimum atomic E-state index is -0.147. The number of aliphatic imine (C=N–C) groups is 1. The topological polar surface area (TPSA) is 45.8 Å². The first-order chi connectivity index (χ1) is 12.2. The van der Waals surface area contributed by atoms with E-state index in [-0.39, 0.29) is 5.91 Å². The Hall–Kier alpha value is -2.24. The second kappa shape index (κ2) is 6.94. The zero-order valence-corrected chi connectivity index (χ0v) is 14.9. The van der Waals surface area contributed by atoms with Crippen molar-refractivity contribution < 1.29 is 9.21 Å². The predicted molar refractivity (Wildman–Crippen MR) is 102 cm³/mol. The molecule has 1 aromatic heterocycles. The average molecular weight is 371 g/mol. The largest absolute Gasteiger partial charge is 0.451 e. The molecule has 126 valence electrons. The molecule has 0 atom stereocenters. The van der Waals surface area contributed by atoms with Gasteiger partial charge in [-0.1, -0.05) is 53.7 Å². The molecule has 0 spiro atoms. The lowest BCUT2D eigenvalue weighted by atomic mass is 10.2. The fourth-order valence-electron chi connectivity index (χ4n) is 2.73. The van der Waals surface area contributed by atoms with Gasteiger partial charge in [0.05, 0.1) is 6.54 Å². The summed E-state index contributed by atoms with van der Waals surface area (Å²) in [5.74, 6) is 0.911. The molecular weight excluding hydrogens is 356 g/mol. The first-order valence-corrected chi connectivity index (χ1v) is 9.29. The number of amidine groups is 1. The number of thioether (sulfide) groups is 1. The van der Waals surface area contributed by atoms with E-state index >= 15 is 0 Å². The number of fused-ring (bicyclic) bond motifs is 1. The van der Waals surface area contributed by atoms with Crippen molar-refractivity contribution in [1.82, 2.24) is 4.90 Å². The fraction of sp³-hybridized carbons (Fsp3) is 0.158. The second-order valence-corrected chi connectivity index (χ2v) is 7.07. The minimum absolute atomic E-state index is 0.147. The van der Waals surface area contributed by atoms with Gasteiger partial charge in [0.15, 0.2) is 10.9 Å². The lowest BCUT2D eigenvalue weighted by molar-refractivity contribution is 0.0833. The van der Waals surface area contributed by atoms with Gasteiger partial charge in [-0.3, -0.25) is 14.7 Å². The van der Waals surface area contributed by atoms with E-state index in [1.54, 1.807) is 11.0 Å². The molecule has 1 aliphatic heterocycles. The third-order valence-corrected chi connectivity index (χ3v) is 5.26. The summed E-state index contributed by atoms with van der Waals surface area (Å²) in [5.41, 5.74) is 1.82. The van der Waals surface area contributed by atoms with Gasteiger partial charge in [-0.2, -0.15) is 0 Å². The van der Waals surface area contributed by atoms with Crippen molar-refractivity contribution in [2.24, 2.45) is 4.99 Å². The van der Waals surface area contributed by atoms with Crippen molar-refractivity contribution in [2.75, 3.05) is 13.1 Å². The van der Waals surface area contributed by atoms with Gasteiger partial charge < -0.3 is 4.42 Å². The van der Waals surface area contributed by atoms with Gasteiger partial charge >= 0.3 is 0 Å². The Kier molecular flexibility index (Phi) is 4.51. The van der Waals surface area contributed by atoms with Gasteiger partial charge in [-0.15, -0.1) is 0 Å². The number of rotatable bonds is 3. The Bertz CT molecular complexity index is 934. The quantitative estimate of drug-likeness (QED) is 0.663. The molecule has 6 heteroatoms. The number of para-hydroxylation sites is 1. The van der Waals surface area contributed by atoms with Gasteiger partial charge in [0.25, 0.3) is 5.91 Å². The highest BCUT2D eigenvalue weighted by Crippen LogP contribution is 2.25. The molecule has 2 aromatic carbocycles. The van der Waals surface area contributed by atoms with Crippen LogP contribution in [0.2, 0.25) is 5.02 Å². The number of amides is 1. The lowest BCUT2D eigenvalue weighted by Crippen LogP contribution is -2.32. The molecular formula is C19H15ClN2O2S. The summed E-state index contributed by atoms with van der Waals surface area (Å²) in [4.78, 5) is 19.0. The number of benzene rings is 2. The molecule has 3 aromatic rings. The first-order valence-electron chi connectivity index (χ1n) is 7.93. The van der Waals surface area contributed by atoms with Crippen LogP contribution in [-0.4, -0.2) is 29.1 Å². The number of carbonyl (C=O) groups excluding carboxylic acids is 1. The summed E-state index contributed by atoms with van der Waals surface area (Å²) < 4.78 is 5.70. The highest BCUT2D eigenvalue weighted by molar-refractivity contribution is 8.13. The molecule has 4 rings (SSSR count). The van der Waals surface area contributed by atoms with Crippen LogP contribution in [0.1, 0.15) is 16.1 Å².